The van der Waals surface area contributed by atoms with Crippen molar-refractivity contribution < 1.29 is 9.53 Å². The van der Waals surface area contributed by atoms with Crippen LogP contribution in [-0.4, -0.2) is 61.7 Å². The number of fused-ring (bicyclic) bond motifs is 1. The van der Waals surface area contributed by atoms with Gasteiger partial charge in [0.1, 0.15) is 18.0 Å². The van der Waals surface area contributed by atoms with Crippen molar-refractivity contribution in [2.75, 3.05) is 26.3 Å². The number of likely N-dealkylation sites (tertiary alicyclic amines) is 1. The van der Waals surface area contributed by atoms with Gasteiger partial charge >= 0.3 is 0 Å². The Hall–Kier alpha value is -3.00. The van der Waals surface area contributed by atoms with E-state index in [9.17, 15) is 4.79 Å². The van der Waals surface area contributed by atoms with E-state index in [2.05, 4.69) is 26.4 Å². The highest BCUT2D eigenvalue weighted by molar-refractivity contribution is 5.76. The Morgan fingerprint density at radius 3 is 2.93 bits per heavy atom. The van der Waals surface area contributed by atoms with Gasteiger partial charge in [0.05, 0.1) is 25.2 Å². The quantitative estimate of drug-likeness (QED) is 0.433. The van der Waals surface area contributed by atoms with E-state index in [1.165, 1.54) is 0 Å². The lowest BCUT2D eigenvalue weighted by Gasteiger charge is -2.32. The number of carbonyl (C=O) groups is 1. The Kier molecular flexibility index (Phi) is 6.00. The molecular weight excluding hydrogens is 368 g/mol. The fourth-order valence-electron chi connectivity index (χ4n) is 3.84. The number of aromatic nitrogens is 5. The van der Waals surface area contributed by atoms with Crippen LogP contribution in [0, 0.1) is 0 Å². The van der Waals surface area contributed by atoms with Crippen molar-refractivity contribution in [3.05, 3.63) is 55.1 Å². The van der Waals surface area contributed by atoms with Crippen molar-refractivity contribution in [3.8, 4) is 0 Å². The van der Waals surface area contributed by atoms with Gasteiger partial charge in [-0.25, -0.2) is 9.67 Å². The molecule has 1 aromatic carbocycles. The first-order chi connectivity index (χ1) is 14.3. The first-order valence-electron chi connectivity index (χ1n) is 10.0. The number of para-hydroxylation sites is 1. The molecule has 1 fully saturated rings. The summed E-state index contributed by atoms with van der Waals surface area (Å²) in [6.45, 7) is 6.63. The first kappa shape index (κ1) is 19.3. The molecule has 1 aliphatic heterocycles. The molecule has 1 amide bonds. The molecule has 0 radical (unpaired) electrons. The molecule has 1 aliphatic rings. The Balaban J connectivity index is 1.36. The average molecular weight is 394 g/mol. The Morgan fingerprint density at radius 1 is 1.28 bits per heavy atom. The van der Waals surface area contributed by atoms with Crippen LogP contribution >= 0.6 is 0 Å². The minimum Gasteiger partial charge on any atom is -0.377 e. The van der Waals surface area contributed by atoms with Crippen molar-refractivity contribution in [1.29, 1.82) is 0 Å². The van der Waals surface area contributed by atoms with E-state index in [1.54, 1.807) is 6.08 Å². The van der Waals surface area contributed by atoms with Crippen molar-refractivity contribution in [2.45, 2.75) is 31.8 Å². The molecule has 1 saturated heterocycles. The Labute approximate surface area is 169 Å². The number of rotatable bonds is 8. The van der Waals surface area contributed by atoms with Gasteiger partial charge in [0.15, 0.2) is 0 Å². The fourth-order valence-corrected chi connectivity index (χ4v) is 3.84. The van der Waals surface area contributed by atoms with Crippen LogP contribution in [0.5, 0.6) is 0 Å². The molecule has 0 unspecified atom stereocenters. The van der Waals surface area contributed by atoms with E-state index in [1.807, 2.05) is 46.2 Å². The van der Waals surface area contributed by atoms with Gasteiger partial charge in [-0.1, -0.05) is 23.4 Å². The number of hydrogen-bond acceptors (Lipinski definition) is 5. The second-order valence-electron chi connectivity index (χ2n) is 7.24. The van der Waals surface area contributed by atoms with Gasteiger partial charge in [-0.05, 0) is 25.0 Å². The predicted octanol–water partition coefficient (Wildman–Crippen LogP) is 2.43. The minimum absolute atomic E-state index is 0.157. The summed E-state index contributed by atoms with van der Waals surface area (Å²) in [6.07, 6.45) is 7.76. The second-order valence-corrected chi connectivity index (χ2v) is 7.24. The van der Waals surface area contributed by atoms with Crippen molar-refractivity contribution in [2.24, 2.45) is 0 Å². The van der Waals surface area contributed by atoms with Crippen LogP contribution in [0.4, 0.5) is 0 Å². The summed E-state index contributed by atoms with van der Waals surface area (Å²) in [5.74, 6) is 1.54. The van der Waals surface area contributed by atoms with Gasteiger partial charge in [-0.15, -0.1) is 11.7 Å². The molecular formula is C21H26N6O2. The van der Waals surface area contributed by atoms with Crippen LogP contribution in [-0.2, 0) is 16.2 Å². The maximum atomic E-state index is 12.3. The molecule has 29 heavy (non-hydrogen) atoms. The van der Waals surface area contributed by atoms with E-state index in [0.717, 1.165) is 42.8 Å². The lowest BCUT2D eigenvalue weighted by molar-refractivity contribution is -0.133. The van der Waals surface area contributed by atoms with Gasteiger partial charge in [-0.2, -0.15) is 0 Å². The largest absolute Gasteiger partial charge is 0.377 e. The predicted molar refractivity (Wildman–Crippen MR) is 109 cm³/mol. The van der Waals surface area contributed by atoms with E-state index < -0.39 is 0 Å². The minimum atomic E-state index is 0.157. The summed E-state index contributed by atoms with van der Waals surface area (Å²) in [5.41, 5.74) is 1.89. The molecule has 0 saturated carbocycles. The summed E-state index contributed by atoms with van der Waals surface area (Å²) in [5, 5.41) is 8.51. The zero-order chi connectivity index (χ0) is 20.1. The number of nitrogens with zero attached hydrogens (tertiary/aromatic N) is 6. The van der Waals surface area contributed by atoms with Crippen LogP contribution in [0.25, 0.3) is 11.0 Å². The Morgan fingerprint density at radius 2 is 2.10 bits per heavy atom. The summed E-state index contributed by atoms with van der Waals surface area (Å²) >= 11 is 0. The Bertz CT molecular complexity index is 970. The SMILES string of the molecule is C=CCOCCC(=O)N1CCC(c2nccn2Cn2nnc3ccccc32)CC1. The zero-order valence-corrected chi connectivity index (χ0v) is 16.5. The summed E-state index contributed by atoms with van der Waals surface area (Å²) in [7, 11) is 0. The zero-order valence-electron chi connectivity index (χ0n) is 16.5. The van der Waals surface area contributed by atoms with Crippen LogP contribution in [0.15, 0.2) is 49.3 Å². The number of ether oxygens (including phenoxy) is 1. The normalized spacial score (nSPS) is 15.1. The number of hydrogen-bond donors (Lipinski definition) is 0. The van der Waals surface area contributed by atoms with E-state index in [-0.39, 0.29) is 5.91 Å². The first-order valence-corrected chi connectivity index (χ1v) is 10.0. The van der Waals surface area contributed by atoms with Crippen molar-refractivity contribution in [1.82, 2.24) is 29.4 Å². The third-order valence-electron chi connectivity index (χ3n) is 5.36. The standard InChI is InChI=1S/C21H26N6O2/c1-2-14-29-15-9-20(28)25-11-7-17(8-12-25)21-22-10-13-26(21)16-27-19-6-4-3-5-18(19)23-24-27/h2-6,10,13,17H,1,7-9,11-12,14-16H2. The van der Waals surface area contributed by atoms with E-state index in [0.29, 0.717) is 32.2 Å². The topological polar surface area (TPSA) is 78.1 Å². The van der Waals surface area contributed by atoms with Crippen LogP contribution < -0.4 is 0 Å². The van der Waals surface area contributed by atoms with Crippen LogP contribution in [0.1, 0.15) is 31.0 Å². The molecule has 3 aromatic rings. The maximum absolute atomic E-state index is 12.3. The molecule has 0 N–H and O–H groups in total. The van der Waals surface area contributed by atoms with E-state index >= 15 is 0 Å². The molecule has 0 atom stereocenters. The van der Waals surface area contributed by atoms with Gasteiger partial charge in [0, 0.05) is 31.4 Å². The number of amides is 1. The fraction of sp³-hybridized carbons (Fsp3) is 0.429. The smallest absolute Gasteiger partial charge is 0.224 e. The monoisotopic (exact) mass is 394 g/mol. The summed E-state index contributed by atoms with van der Waals surface area (Å²) < 4.78 is 9.35. The number of benzene rings is 1. The number of piperidine rings is 1. The summed E-state index contributed by atoms with van der Waals surface area (Å²) in [6, 6.07) is 7.94. The molecule has 4 rings (SSSR count). The van der Waals surface area contributed by atoms with Crippen molar-refractivity contribution >= 4 is 16.9 Å². The van der Waals surface area contributed by atoms with Gasteiger partial charge in [0.25, 0.3) is 0 Å². The molecule has 0 bridgehead atoms. The maximum Gasteiger partial charge on any atom is 0.224 e. The van der Waals surface area contributed by atoms with Gasteiger partial charge in [-0.3, -0.25) is 4.79 Å². The lowest BCUT2D eigenvalue weighted by atomic mass is 9.95. The van der Waals surface area contributed by atoms with E-state index in [4.69, 9.17) is 4.74 Å². The van der Waals surface area contributed by atoms with Gasteiger partial charge < -0.3 is 14.2 Å². The molecule has 3 heterocycles. The number of carbonyl (C=O) groups excluding carboxylic acids is 1. The van der Waals surface area contributed by atoms with Gasteiger partial charge in [0.2, 0.25) is 5.91 Å². The molecule has 0 spiro atoms. The molecule has 152 valence electrons. The number of imidazole rings is 1. The highest BCUT2D eigenvalue weighted by atomic mass is 16.5. The molecule has 0 aliphatic carbocycles. The molecule has 8 heteroatoms. The second kappa shape index (κ2) is 9.00. The molecule has 8 nitrogen and oxygen atoms in total. The molecule has 2 aromatic heterocycles. The lowest BCUT2D eigenvalue weighted by Crippen LogP contribution is -2.38. The highest BCUT2D eigenvalue weighted by Gasteiger charge is 2.26. The van der Waals surface area contributed by atoms with Crippen molar-refractivity contribution in [3.63, 3.8) is 0 Å². The third kappa shape index (κ3) is 4.37. The van der Waals surface area contributed by atoms with Crippen LogP contribution in [0.2, 0.25) is 0 Å². The van der Waals surface area contributed by atoms with Crippen LogP contribution in [0.3, 0.4) is 0 Å². The third-order valence-corrected chi connectivity index (χ3v) is 5.36. The summed E-state index contributed by atoms with van der Waals surface area (Å²) in [4.78, 5) is 18.9. The highest BCUT2D eigenvalue weighted by Crippen LogP contribution is 2.27. The average Bonchev–Trinajstić information content (AvgIpc) is 3.39.